The summed E-state index contributed by atoms with van der Waals surface area (Å²) < 4.78 is 26.6. The molecule has 1 unspecified atom stereocenters. The van der Waals surface area contributed by atoms with Gasteiger partial charge in [0.05, 0.1) is 4.90 Å². The lowest BCUT2D eigenvalue weighted by Gasteiger charge is -2.31. The molecule has 21 heavy (non-hydrogen) atoms. The topological polar surface area (TPSA) is 69.7 Å². The van der Waals surface area contributed by atoms with Crippen LogP contribution in [0.2, 0.25) is 0 Å². The van der Waals surface area contributed by atoms with Crippen molar-refractivity contribution in [2.75, 3.05) is 33.7 Å². The van der Waals surface area contributed by atoms with Gasteiger partial charge in [-0.3, -0.25) is 4.79 Å². The van der Waals surface area contributed by atoms with Gasteiger partial charge in [-0.15, -0.1) is 0 Å². The van der Waals surface area contributed by atoms with Crippen LogP contribution in [-0.2, 0) is 10.0 Å². The standard InChI is InChI=1S/C14H21N3O3S/c1-11-10-17(9-8-15-11)21(19,20)13-6-4-12(5-7-13)14(18)16(2)3/h4-7,11,15H,8-10H2,1-3H3. The zero-order chi connectivity index (χ0) is 15.6. The van der Waals surface area contributed by atoms with E-state index in [0.717, 1.165) is 0 Å². The second kappa shape index (κ2) is 6.13. The SMILES string of the molecule is CC1CN(S(=O)(=O)c2ccc(C(=O)N(C)C)cc2)CCN1. The van der Waals surface area contributed by atoms with E-state index < -0.39 is 10.0 Å². The highest BCUT2D eigenvalue weighted by molar-refractivity contribution is 7.89. The molecule has 1 atom stereocenters. The van der Waals surface area contributed by atoms with E-state index >= 15 is 0 Å². The van der Waals surface area contributed by atoms with Crippen molar-refractivity contribution >= 4 is 15.9 Å². The van der Waals surface area contributed by atoms with Gasteiger partial charge in [0, 0.05) is 45.3 Å². The first-order valence-electron chi connectivity index (χ1n) is 6.87. The van der Waals surface area contributed by atoms with Gasteiger partial charge in [0.25, 0.3) is 5.91 Å². The largest absolute Gasteiger partial charge is 0.345 e. The fourth-order valence-electron chi connectivity index (χ4n) is 2.29. The molecule has 1 N–H and O–H groups in total. The average Bonchev–Trinajstić information content (AvgIpc) is 2.46. The number of hydrogen-bond acceptors (Lipinski definition) is 4. The van der Waals surface area contributed by atoms with Crippen LogP contribution in [-0.4, -0.2) is 63.3 Å². The summed E-state index contributed by atoms with van der Waals surface area (Å²) in [6.45, 7) is 3.53. The van der Waals surface area contributed by atoms with Crippen LogP contribution >= 0.6 is 0 Å². The van der Waals surface area contributed by atoms with Gasteiger partial charge in [-0.05, 0) is 31.2 Å². The fourth-order valence-corrected chi connectivity index (χ4v) is 3.82. The summed E-state index contributed by atoms with van der Waals surface area (Å²) in [5.74, 6) is -0.144. The number of benzene rings is 1. The van der Waals surface area contributed by atoms with E-state index in [1.165, 1.54) is 21.3 Å². The maximum Gasteiger partial charge on any atom is 0.253 e. The summed E-state index contributed by atoms with van der Waals surface area (Å²) in [6.07, 6.45) is 0. The summed E-state index contributed by atoms with van der Waals surface area (Å²) in [7, 11) is -0.166. The first-order valence-corrected chi connectivity index (χ1v) is 8.31. The second-order valence-electron chi connectivity index (χ2n) is 5.44. The molecule has 0 saturated carbocycles. The Kier molecular flexibility index (Phi) is 4.65. The van der Waals surface area contributed by atoms with Crippen molar-refractivity contribution in [1.82, 2.24) is 14.5 Å². The summed E-state index contributed by atoms with van der Waals surface area (Å²) >= 11 is 0. The molecular weight excluding hydrogens is 290 g/mol. The van der Waals surface area contributed by atoms with E-state index in [4.69, 9.17) is 0 Å². The lowest BCUT2D eigenvalue weighted by Crippen LogP contribution is -2.51. The predicted molar refractivity (Wildman–Crippen MR) is 80.7 cm³/mol. The minimum atomic E-state index is -3.49. The number of nitrogens with one attached hydrogen (secondary N) is 1. The monoisotopic (exact) mass is 311 g/mol. The molecular formula is C14H21N3O3S. The Hall–Kier alpha value is -1.44. The molecule has 1 aliphatic rings. The third-order valence-electron chi connectivity index (χ3n) is 3.48. The first-order chi connectivity index (χ1) is 9.82. The van der Waals surface area contributed by atoms with Crippen molar-refractivity contribution in [3.63, 3.8) is 0 Å². The number of hydrogen-bond donors (Lipinski definition) is 1. The van der Waals surface area contributed by atoms with Gasteiger partial charge >= 0.3 is 0 Å². The van der Waals surface area contributed by atoms with Gasteiger partial charge in [-0.2, -0.15) is 4.31 Å². The molecule has 1 heterocycles. The predicted octanol–water partition coefficient (Wildman–Crippen LogP) is 0.371. The van der Waals surface area contributed by atoms with Crippen LogP contribution in [0.25, 0.3) is 0 Å². The van der Waals surface area contributed by atoms with Crippen LogP contribution in [0.5, 0.6) is 0 Å². The highest BCUT2D eigenvalue weighted by Gasteiger charge is 2.28. The molecule has 7 heteroatoms. The quantitative estimate of drug-likeness (QED) is 0.876. The van der Waals surface area contributed by atoms with E-state index in [1.54, 1.807) is 26.2 Å². The van der Waals surface area contributed by atoms with E-state index in [1.807, 2.05) is 6.92 Å². The van der Waals surface area contributed by atoms with Crippen molar-refractivity contribution < 1.29 is 13.2 Å². The number of nitrogens with zero attached hydrogens (tertiary/aromatic N) is 2. The molecule has 6 nitrogen and oxygen atoms in total. The second-order valence-corrected chi connectivity index (χ2v) is 7.38. The third-order valence-corrected chi connectivity index (χ3v) is 5.36. The highest BCUT2D eigenvalue weighted by atomic mass is 32.2. The first kappa shape index (κ1) is 15.9. The van der Waals surface area contributed by atoms with E-state index in [2.05, 4.69) is 5.32 Å². The van der Waals surface area contributed by atoms with E-state index in [0.29, 0.717) is 25.2 Å². The smallest absolute Gasteiger partial charge is 0.253 e. The highest BCUT2D eigenvalue weighted by Crippen LogP contribution is 2.18. The van der Waals surface area contributed by atoms with E-state index in [9.17, 15) is 13.2 Å². The van der Waals surface area contributed by atoms with Crippen LogP contribution in [0.3, 0.4) is 0 Å². The molecule has 0 aromatic heterocycles. The van der Waals surface area contributed by atoms with Gasteiger partial charge in [0.15, 0.2) is 0 Å². The van der Waals surface area contributed by atoms with Gasteiger partial charge in [-0.1, -0.05) is 0 Å². The Morgan fingerprint density at radius 2 is 1.90 bits per heavy atom. The van der Waals surface area contributed by atoms with Crippen molar-refractivity contribution in [2.45, 2.75) is 17.9 Å². The number of carbonyl (C=O) groups excluding carboxylic acids is 1. The average molecular weight is 311 g/mol. The molecule has 2 rings (SSSR count). The summed E-state index contributed by atoms with van der Waals surface area (Å²) in [5, 5.41) is 3.22. The van der Waals surface area contributed by atoms with Crippen molar-refractivity contribution in [3.8, 4) is 0 Å². The lowest BCUT2D eigenvalue weighted by molar-refractivity contribution is 0.0827. The molecule has 0 bridgehead atoms. The Labute approximate surface area is 125 Å². The number of amides is 1. The number of rotatable bonds is 3. The summed E-state index contributed by atoms with van der Waals surface area (Å²) in [4.78, 5) is 13.5. The zero-order valence-corrected chi connectivity index (χ0v) is 13.4. The maximum absolute atomic E-state index is 12.6. The van der Waals surface area contributed by atoms with Crippen molar-refractivity contribution in [2.24, 2.45) is 0 Å². The molecule has 0 aliphatic carbocycles. The molecule has 1 aromatic carbocycles. The summed E-state index contributed by atoms with van der Waals surface area (Å²) in [6, 6.07) is 6.25. The minimum Gasteiger partial charge on any atom is -0.345 e. The van der Waals surface area contributed by atoms with Gasteiger partial charge < -0.3 is 10.2 Å². The molecule has 1 fully saturated rings. The van der Waals surface area contributed by atoms with Gasteiger partial charge in [-0.25, -0.2) is 8.42 Å². The Balaban J connectivity index is 2.23. The number of carbonyl (C=O) groups is 1. The number of piperazine rings is 1. The molecule has 0 spiro atoms. The molecule has 116 valence electrons. The molecule has 1 aromatic rings. The van der Waals surface area contributed by atoms with Crippen LogP contribution < -0.4 is 5.32 Å². The van der Waals surface area contributed by atoms with Crippen LogP contribution in [0, 0.1) is 0 Å². The molecule has 1 saturated heterocycles. The Morgan fingerprint density at radius 1 is 1.29 bits per heavy atom. The zero-order valence-electron chi connectivity index (χ0n) is 12.5. The van der Waals surface area contributed by atoms with Gasteiger partial charge in [0.1, 0.15) is 0 Å². The normalized spacial score (nSPS) is 20.2. The van der Waals surface area contributed by atoms with Crippen LogP contribution in [0.4, 0.5) is 0 Å². The van der Waals surface area contributed by atoms with Crippen molar-refractivity contribution in [1.29, 1.82) is 0 Å². The van der Waals surface area contributed by atoms with Crippen LogP contribution in [0.15, 0.2) is 29.2 Å². The summed E-state index contributed by atoms with van der Waals surface area (Å²) in [5.41, 5.74) is 0.479. The van der Waals surface area contributed by atoms with Crippen LogP contribution in [0.1, 0.15) is 17.3 Å². The van der Waals surface area contributed by atoms with Crippen molar-refractivity contribution in [3.05, 3.63) is 29.8 Å². The maximum atomic E-state index is 12.6. The number of sulfonamides is 1. The Bertz CT molecular complexity index is 611. The third kappa shape index (κ3) is 3.42. The minimum absolute atomic E-state index is 0.142. The molecule has 1 amide bonds. The molecule has 0 radical (unpaired) electrons. The van der Waals surface area contributed by atoms with E-state index in [-0.39, 0.29) is 16.8 Å². The lowest BCUT2D eigenvalue weighted by atomic mass is 10.2. The fraction of sp³-hybridized carbons (Fsp3) is 0.500. The van der Waals surface area contributed by atoms with Gasteiger partial charge in [0.2, 0.25) is 10.0 Å². The molecule has 1 aliphatic heterocycles. The Morgan fingerprint density at radius 3 is 2.43 bits per heavy atom.